The maximum absolute atomic E-state index is 11.6. The van der Waals surface area contributed by atoms with Crippen LogP contribution in [0.25, 0.3) is 11.0 Å². The molecule has 0 amide bonds. The van der Waals surface area contributed by atoms with E-state index in [-0.39, 0.29) is 17.5 Å². The van der Waals surface area contributed by atoms with E-state index in [4.69, 9.17) is 19.2 Å². The number of rotatable bonds is 4. The van der Waals surface area contributed by atoms with Gasteiger partial charge in [-0.15, -0.1) is 0 Å². The van der Waals surface area contributed by atoms with Crippen molar-refractivity contribution in [3.63, 3.8) is 0 Å². The van der Waals surface area contributed by atoms with Crippen molar-refractivity contribution in [1.82, 2.24) is 15.0 Å². The Morgan fingerprint density at radius 1 is 1.36 bits per heavy atom. The molecule has 2 aromatic rings. The number of nitrogens with one attached hydrogen (secondary N) is 1. The van der Waals surface area contributed by atoms with Gasteiger partial charge in [-0.25, -0.2) is 14.8 Å². The zero-order valence-electron chi connectivity index (χ0n) is 15.1. The predicted octanol–water partition coefficient (Wildman–Crippen LogP) is 2.11. The highest BCUT2D eigenvalue weighted by Gasteiger charge is 2.47. The Morgan fingerprint density at radius 2 is 2.12 bits per heavy atom. The molecule has 0 aromatic carbocycles. The van der Waals surface area contributed by atoms with Gasteiger partial charge < -0.3 is 14.5 Å². The third kappa shape index (κ3) is 3.65. The summed E-state index contributed by atoms with van der Waals surface area (Å²) in [5.41, 5.74) is 0.615. The molecule has 1 fully saturated rings. The number of aromatic amines is 1. The van der Waals surface area contributed by atoms with Crippen LogP contribution in [0.1, 0.15) is 32.8 Å². The van der Waals surface area contributed by atoms with E-state index in [1.54, 1.807) is 20.2 Å². The Morgan fingerprint density at radius 3 is 2.84 bits per heavy atom. The SMILES string of the molecule is COC1(C)OOC(C)(C)CC1COc1ncc2c(C)cc(=O)[nH]c2n1. The molecule has 0 spiro atoms. The first-order valence-corrected chi connectivity index (χ1v) is 8.14. The van der Waals surface area contributed by atoms with E-state index in [0.29, 0.717) is 18.7 Å². The molecule has 1 aliphatic rings. The molecule has 0 aliphatic carbocycles. The molecule has 0 radical (unpaired) electrons. The van der Waals surface area contributed by atoms with E-state index >= 15 is 0 Å². The Hall–Kier alpha value is -2.03. The lowest BCUT2D eigenvalue weighted by molar-refractivity contribution is -0.495. The number of methoxy groups -OCH3 is 1. The summed E-state index contributed by atoms with van der Waals surface area (Å²) in [5, 5.41) is 0.782. The summed E-state index contributed by atoms with van der Waals surface area (Å²) >= 11 is 0. The molecular formula is C17H23N3O5. The van der Waals surface area contributed by atoms with Crippen molar-refractivity contribution in [1.29, 1.82) is 0 Å². The number of ether oxygens (including phenoxy) is 2. The number of hydrogen-bond acceptors (Lipinski definition) is 7. The van der Waals surface area contributed by atoms with Crippen molar-refractivity contribution in [3.8, 4) is 6.01 Å². The summed E-state index contributed by atoms with van der Waals surface area (Å²) in [4.78, 5) is 33.6. The molecule has 1 N–H and O–H groups in total. The summed E-state index contributed by atoms with van der Waals surface area (Å²) in [6, 6.07) is 1.70. The van der Waals surface area contributed by atoms with Crippen LogP contribution in [0.3, 0.4) is 0 Å². The van der Waals surface area contributed by atoms with Crippen LogP contribution >= 0.6 is 0 Å². The Balaban J connectivity index is 1.80. The zero-order valence-corrected chi connectivity index (χ0v) is 15.1. The van der Waals surface area contributed by atoms with Crippen LogP contribution < -0.4 is 10.3 Å². The van der Waals surface area contributed by atoms with Crippen molar-refractivity contribution in [3.05, 3.63) is 28.2 Å². The molecule has 1 saturated heterocycles. The third-order valence-corrected chi connectivity index (χ3v) is 4.51. The number of fused-ring (bicyclic) bond motifs is 1. The predicted molar refractivity (Wildman–Crippen MR) is 90.2 cm³/mol. The lowest BCUT2D eigenvalue weighted by atomic mass is 9.87. The quantitative estimate of drug-likeness (QED) is 0.845. The molecule has 2 aromatic heterocycles. The van der Waals surface area contributed by atoms with Gasteiger partial charge in [0.2, 0.25) is 11.3 Å². The minimum Gasteiger partial charge on any atom is -0.463 e. The Bertz CT molecular complexity index is 835. The minimum atomic E-state index is -0.919. The summed E-state index contributed by atoms with van der Waals surface area (Å²) in [6.45, 7) is 7.81. The van der Waals surface area contributed by atoms with Crippen LogP contribution in [0, 0.1) is 12.8 Å². The molecule has 8 nitrogen and oxygen atoms in total. The van der Waals surface area contributed by atoms with Gasteiger partial charge in [0.1, 0.15) is 5.65 Å². The highest BCUT2D eigenvalue weighted by molar-refractivity contribution is 5.77. The van der Waals surface area contributed by atoms with E-state index in [1.165, 1.54) is 6.07 Å². The number of aromatic nitrogens is 3. The summed E-state index contributed by atoms with van der Waals surface area (Å²) in [7, 11) is 1.56. The van der Waals surface area contributed by atoms with Crippen LogP contribution in [0.5, 0.6) is 6.01 Å². The normalized spacial score (nSPS) is 25.9. The molecule has 0 saturated carbocycles. The van der Waals surface area contributed by atoms with Crippen LogP contribution in [0.4, 0.5) is 0 Å². The highest BCUT2D eigenvalue weighted by Crippen LogP contribution is 2.38. The summed E-state index contributed by atoms with van der Waals surface area (Å²) in [5.74, 6) is -1.01. The maximum Gasteiger partial charge on any atom is 0.318 e. The van der Waals surface area contributed by atoms with Crippen molar-refractivity contribution in [2.75, 3.05) is 13.7 Å². The molecule has 2 unspecified atom stereocenters. The largest absolute Gasteiger partial charge is 0.463 e. The van der Waals surface area contributed by atoms with E-state index in [9.17, 15) is 4.79 Å². The lowest BCUT2D eigenvalue weighted by Crippen LogP contribution is -2.52. The summed E-state index contributed by atoms with van der Waals surface area (Å²) in [6.07, 6.45) is 2.32. The maximum atomic E-state index is 11.6. The Kier molecular flexibility index (Phi) is 4.52. The standard InChI is InChI=1S/C17H23N3O5/c1-10-6-13(21)19-14-12(10)8-18-15(20-14)23-9-11-7-16(2,3)24-25-17(11,4)22-5/h6,8,11H,7,9H2,1-5H3,(H,18,19,20,21). The molecule has 136 valence electrons. The fourth-order valence-corrected chi connectivity index (χ4v) is 2.91. The number of nitrogens with zero attached hydrogens (tertiary/aromatic N) is 2. The molecule has 2 atom stereocenters. The fraction of sp³-hybridized carbons (Fsp3) is 0.588. The van der Waals surface area contributed by atoms with Crippen molar-refractivity contribution >= 4 is 11.0 Å². The molecule has 3 rings (SSSR count). The van der Waals surface area contributed by atoms with Gasteiger partial charge in [-0.3, -0.25) is 4.79 Å². The Labute approximate surface area is 145 Å². The van der Waals surface area contributed by atoms with Gasteiger partial charge in [-0.1, -0.05) is 0 Å². The van der Waals surface area contributed by atoms with Crippen LogP contribution in [-0.2, 0) is 14.5 Å². The molecule has 0 bridgehead atoms. The second-order valence-corrected chi connectivity index (χ2v) is 7.09. The second kappa shape index (κ2) is 6.36. The van der Waals surface area contributed by atoms with Gasteiger partial charge in [-0.2, -0.15) is 4.98 Å². The van der Waals surface area contributed by atoms with Gasteiger partial charge in [0.25, 0.3) is 0 Å². The number of H-pyrrole nitrogens is 1. The van der Waals surface area contributed by atoms with Crippen molar-refractivity contribution in [2.45, 2.75) is 45.5 Å². The zero-order chi connectivity index (χ0) is 18.2. The average Bonchev–Trinajstić information content (AvgIpc) is 2.55. The van der Waals surface area contributed by atoms with E-state index in [1.807, 2.05) is 20.8 Å². The fourth-order valence-electron chi connectivity index (χ4n) is 2.91. The second-order valence-electron chi connectivity index (χ2n) is 7.09. The van der Waals surface area contributed by atoms with Crippen LogP contribution in [0.2, 0.25) is 0 Å². The summed E-state index contributed by atoms with van der Waals surface area (Å²) < 4.78 is 11.2. The van der Waals surface area contributed by atoms with E-state index < -0.39 is 11.4 Å². The first-order valence-electron chi connectivity index (χ1n) is 8.14. The molecule has 1 aliphatic heterocycles. The van der Waals surface area contributed by atoms with Gasteiger partial charge >= 0.3 is 6.01 Å². The van der Waals surface area contributed by atoms with E-state index in [2.05, 4.69) is 15.0 Å². The first-order chi connectivity index (χ1) is 11.7. The lowest BCUT2D eigenvalue weighted by Gasteiger charge is -2.44. The third-order valence-electron chi connectivity index (χ3n) is 4.51. The topological polar surface area (TPSA) is 95.6 Å². The van der Waals surface area contributed by atoms with Crippen molar-refractivity contribution in [2.24, 2.45) is 5.92 Å². The van der Waals surface area contributed by atoms with Gasteiger partial charge in [-0.05, 0) is 39.7 Å². The van der Waals surface area contributed by atoms with Gasteiger partial charge in [0.15, 0.2) is 0 Å². The molecule has 3 heterocycles. The molecule has 25 heavy (non-hydrogen) atoms. The minimum absolute atomic E-state index is 0.0860. The molecule has 8 heteroatoms. The molecular weight excluding hydrogens is 326 g/mol. The average molecular weight is 349 g/mol. The van der Waals surface area contributed by atoms with Gasteiger partial charge in [0, 0.05) is 24.8 Å². The number of pyridine rings is 1. The smallest absolute Gasteiger partial charge is 0.318 e. The number of aryl methyl sites for hydroxylation is 1. The highest BCUT2D eigenvalue weighted by atomic mass is 17.2. The van der Waals surface area contributed by atoms with Crippen LogP contribution in [-0.4, -0.2) is 40.1 Å². The van der Waals surface area contributed by atoms with Crippen LogP contribution in [0.15, 0.2) is 17.1 Å². The first kappa shape index (κ1) is 17.8. The monoisotopic (exact) mass is 349 g/mol. The number of hydrogen-bond donors (Lipinski definition) is 1. The van der Waals surface area contributed by atoms with Gasteiger partial charge in [0.05, 0.1) is 18.1 Å². The van der Waals surface area contributed by atoms with Crippen molar-refractivity contribution < 1.29 is 19.2 Å². The van der Waals surface area contributed by atoms with E-state index in [0.717, 1.165) is 10.9 Å².